The van der Waals surface area contributed by atoms with E-state index in [-0.39, 0.29) is 53.0 Å². The Kier molecular flexibility index (Phi) is 21.3. The van der Waals surface area contributed by atoms with E-state index in [0.29, 0.717) is 22.6 Å². The van der Waals surface area contributed by atoms with E-state index in [2.05, 4.69) is 112 Å². The molecular weight excluding hydrogens is 1600 g/mol. The molecule has 8 aromatic carbocycles. The van der Waals surface area contributed by atoms with E-state index in [9.17, 15) is 40.5 Å². The summed E-state index contributed by atoms with van der Waals surface area (Å²) in [6.07, 6.45) is 5.08. The van der Waals surface area contributed by atoms with Crippen LogP contribution in [0.3, 0.4) is 0 Å². The molecule has 436 valence electrons. The van der Waals surface area contributed by atoms with Crippen LogP contribution in [0.5, 0.6) is 11.5 Å². The second-order valence-corrected chi connectivity index (χ2v) is 28.1. The number of rotatable bonds is 8. The third-order valence-corrected chi connectivity index (χ3v) is 20.1. The van der Waals surface area contributed by atoms with Gasteiger partial charge in [-0.1, -0.05) is 181 Å². The number of halogens is 7. The molecule has 0 bridgehead atoms. The topological polar surface area (TPSA) is 191 Å². The van der Waals surface area contributed by atoms with Crippen LogP contribution in [0.4, 0.5) is 0 Å². The largest absolute Gasteiger partial charge is 0.474 e. The molecule has 14 nitrogen and oxygen atoms in total. The molecule has 0 fully saturated rings. The predicted molar refractivity (Wildman–Crippen MR) is 363 cm³/mol. The molecule has 86 heavy (non-hydrogen) atoms. The van der Waals surface area contributed by atoms with Crippen molar-refractivity contribution in [3.05, 3.63) is 313 Å². The maximum atomic E-state index is 11.5. The van der Waals surface area contributed by atoms with Gasteiger partial charge in [-0.25, -0.2) is 0 Å². The first kappa shape index (κ1) is 64.5. The van der Waals surface area contributed by atoms with Crippen LogP contribution in [0.1, 0.15) is 83.9 Å². The maximum Gasteiger partial charge on any atom is 0.291 e. The second-order valence-electron chi connectivity index (χ2n) is 19.6. The molecule has 8 aromatic rings. The van der Waals surface area contributed by atoms with Crippen molar-refractivity contribution in [1.82, 2.24) is 0 Å². The van der Waals surface area contributed by atoms with Crippen LogP contribution in [0, 0.1) is 61.2 Å². The normalized spacial score (nSPS) is 16.8. The van der Waals surface area contributed by atoms with Crippen LogP contribution in [-0.4, -0.2) is 19.7 Å². The highest BCUT2D eigenvalue weighted by molar-refractivity contribution is 9.11. The molecule has 23 heteroatoms. The monoisotopic (exact) mass is 1630 g/mol. The van der Waals surface area contributed by atoms with Crippen molar-refractivity contribution >= 4 is 159 Å². The first-order valence-electron chi connectivity index (χ1n) is 25.6. The van der Waals surface area contributed by atoms with E-state index in [1.807, 2.05) is 172 Å². The van der Waals surface area contributed by atoms with Gasteiger partial charge in [0.15, 0.2) is 0 Å². The molecule has 4 atom stereocenters. The summed E-state index contributed by atoms with van der Waals surface area (Å²) in [7, 11) is 0. The molecule has 0 amide bonds. The first-order chi connectivity index (χ1) is 41.0. The van der Waals surface area contributed by atoms with Gasteiger partial charge >= 0.3 is 0 Å². The summed E-state index contributed by atoms with van der Waals surface area (Å²) in [6.45, 7) is 5.95. The van der Waals surface area contributed by atoms with Gasteiger partial charge in [0.1, 0.15) is 22.0 Å². The van der Waals surface area contributed by atoms with Crippen molar-refractivity contribution in [2.45, 2.75) is 53.3 Å². The van der Waals surface area contributed by atoms with Crippen molar-refractivity contribution in [3.63, 3.8) is 0 Å². The van der Waals surface area contributed by atoms with Gasteiger partial charge < -0.3 is 9.47 Å². The highest BCUT2D eigenvalue weighted by Gasteiger charge is 2.37. The van der Waals surface area contributed by atoms with Gasteiger partial charge in [0, 0.05) is 83.2 Å². The van der Waals surface area contributed by atoms with Crippen molar-refractivity contribution in [1.29, 1.82) is 0 Å². The highest BCUT2D eigenvalue weighted by atomic mass is 79.9. The zero-order chi connectivity index (χ0) is 61.7. The molecule has 0 aromatic heterocycles. The minimum atomic E-state index is -0.722. The Labute approximate surface area is 561 Å². The van der Waals surface area contributed by atoms with E-state index in [1.54, 1.807) is 30.4 Å². The summed E-state index contributed by atoms with van der Waals surface area (Å²) in [5.74, 6) is 1.26. The maximum absolute atomic E-state index is 11.5. The molecule has 0 spiro atoms. The fraction of sp³-hybridized carbons (Fsp3) is 0.111. The van der Waals surface area contributed by atoms with Gasteiger partial charge in [-0.2, -0.15) is 0 Å². The van der Waals surface area contributed by atoms with E-state index in [0.717, 1.165) is 91.2 Å². The fourth-order valence-corrected chi connectivity index (χ4v) is 15.5. The van der Waals surface area contributed by atoms with Gasteiger partial charge in [-0.05, 0) is 148 Å². The summed E-state index contributed by atoms with van der Waals surface area (Å²) in [5, 5.41) is 45.1. The van der Waals surface area contributed by atoms with Gasteiger partial charge in [-0.15, -0.1) is 23.5 Å². The second kappa shape index (κ2) is 28.4. The van der Waals surface area contributed by atoms with Crippen LogP contribution in [0.15, 0.2) is 222 Å². The summed E-state index contributed by atoms with van der Waals surface area (Å²) in [5.41, 5.74) is 10.4. The van der Waals surface area contributed by atoms with E-state index >= 15 is 0 Å². The molecule has 0 aliphatic carbocycles. The molecule has 0 radical (unpaired) electrons. The van der Waals surface area contributed by atoms with Gasteiger partial charge in [0.2, 0.25) is 12.2 Å². The number of hydrogen-bond donors (Lipinski definition) is 0. The fourth-order valence-electron chi connectivity index (χ4n) is 9.18. The van der Waals surface area contributed by atoms with Gasteiger partial charge in [-0.3, -0.25) is 40.5 Å². The van der Waals surface area contributed by atoms with Crippen LogP contribution in [0.25, 0.3) is 24.3 Å². The smallest absolute Gasteiger partial charge is 0.291 e. The lowest BCUT2D eigenvalue weighted by molar-refractivity contribution is -0.434. The Morgan fingerprint density at radius 3 is 1.28 bits per heavy atom. The molecule has 0 saturated heterocycles. The van der Waals surface area contributed by atoms with Crippen LogP contribution >= 0.6 is 135 Å². The summed E-state index contributed by atoms with van der Waals surface area (Å²) in [6, 6.07) is 49.5. The average Bonchev–Trinajstić information content (AvgIpc) is 1.29. The van der Waals surface area contributed by atoms with E-state index < -0.39 is 12.2 Å². The lowest BCUT2D eigenvalue weighted by Crippen LogP contribution is -2.20. The molecule has 4 aliphatic heterocycles. The quantitative estimate of drug-likeness (QED) is 0.103. The summed E-state index contributed by atoms with van der Waals surface area (Å²) >= 11 is 27.0. The number of aryl methyl sites for hydroxylation is 3. The molecule has 0 saturated carbocycles. The van der Waals surface area contributed by atoms with Crippen LogP contribution in [0.2, 0.25) is 0 Å². The predicted octanol–water partition coefficient (Wildman–Crippen LogP) is 21.4. The number of benzene rings is 8. The zero-order valence-corrected chi connectivity index (χ0v) is 57.7. The Morgan fingerprint density at radius 2 is 0.756 bits per heavy atom. The van der Waals surface area contributed by atoms with Crippen molar-refractivity contribution < 1.29 is 29.2 Å². The number of nitrogens with zero attached hydrogens (tertiary/aromatic N) is 4. The third-order valence-electron chi connectivity index (χ3n) is 13.4. The zero-order valence-electron chi connectivity index (χ0n) is 45.0. The molecule has 4 aliphatic rings. The lowest BCUT2D eigenvalue weighted by Gasteiger charge is -2.24. The SMILES string of the molecule is Cc1ccc(C2Oc3c(Br)cc(Br)cc3C=C2[N+](=O)[O-])cc1.Cc1ccc(C2Oc3ccc(Br)cc3C=C2[N+](=O)[O-])cc1.Cc1ccc(C2Sc3ccc(Br)cc3C=C2[N+](=O)[O-])cc1.O=[N+]([O-])C1=Cc2cc(Br)cc(Br)c2SC1c1ccc(Br)cc1. The van der Waals surface area contributed by atoms with E-state index in [1.165, 1.54) is 23.5 Å². The van der Waals surface area contributed by atoms with Crippen molar-refractivity contribution in [2.75, 3.05) is 0 Å². The first-order valence-corrected chi connectivity index (χ1v) is 32.9. The number of thioether (sulfide) groups is 2. The Hall–Kier alpha value is -6.02. The Bertz CT molecular complexity index is 3850. The summed E-state index contributed by atoms with van der Waals surface area (Å²) in [4.78, 5) is 46.4. The standard InChI is InChI=1S/C16H11Br2NO3.C16H12BrNO3.C16H12BrNO2S.C15H8Br3NO2S/c1-9-2-4-10(5-3-9)16-14(19(20)21)7-11-6-12(17)8-13(18)15(11)22-16;2*1-10-2-4-11(5-3-10)16-14(18(19)20)9-12-8-13(17)6-7-15(12)21-16;16-10-3-1-8(2-4-10)15-13(19(20)21)6-9-5-11(17)7-12(18)14(9)22-15/h2-8,16H,1H3;2*2-9,16H,1H3;1-7,15H. The number of hydrogen-bond acceptors (Lipinski definition) is 12. The van der Waals surface area contributed by atoms with Gasteiger partial charge in [0.25, 0.3) is 22.8 Å². The Morgan fingerprint density at radius 1 is 0.372 bits per heavy atom. The molecule has 0 N–H and O–H groups in total. The number of nitro groups is 4. The molecule has 4 unspecified atom stereocenters. The Balaban J connectivity index is 0.000000137. The number of ether oxygens (including phenoxy) is 2. The average molecular weight is 1640 g/mol. The van der Waals surface area contributed by atoms with Crippen molar-refractivity contribution in [2.24, 2.45) is 0 Å². The minimum Gasteiger partial charge on any atom is -0.474 e. The third kappa shape index (κ3) is 15.6. The molecule has 12 rings (SSSR count). The van der Waals surface area contributed by atoms with Gasteiger partial charge in [0.05, 0.1) is 24.2 Å². The van der Waals surface area contributed by atoms with Crippen LogP contribution < -0.4 is 9.47 Å². The van der Waals surface area contributed by atoms with Crippen molar-refractivity contribution in [3.8, 4) is 11.5 Å². The van der Waals surface area contributed by atoms with E-state index in [4.69, 9.17) is 9.47 Å². The molecule has 4 heterocycles. The minimum absolute atomic E-state index is 0.0290. The van der Waals surface area contributed by atoms with Crippen LogP contribution in [-0.2, 0) is 0 Å². The molecular formula is C63H43Br7N4O10S2. The lowest BCUT2D eigenvalue weighted by atomic mass is 10.0. The highest BCUT2D eigenvalue weighted by Crippen LogP contribution is 2.51. The summed E-state index contributed by atoms with van der Waals surface area (Å²) < 4.78 is 17.9. The number of fused-ring (bicyclic) bond motifs is 4.